The molecule has 1 aliphatic heterocycles. The van der Waals surface area contributed by atoms with Crippen molar-refractivity contribution in [3.8, 4) is 0 Å². The fraction of sp³-hybridized carbons (Fsp3) is 0.429. The van der Waals surface area contributed by atoms with E-state index < -0.39 is 0 Å². The lowest BCUT2D eigenvalue weighted by atomic mass is 10.1. The lowest BCUT2D eigenvalue weighted by Crippen LogP contribution is -2.08. The van der Waals surface area contributed by atoms with Crippen molar-refractivity contribution in [2.24, 2.45) is 0 Å². The number of rotatable bonds is 4. The molecule has 1 saturated heterocycles. The molecule has 2 aromatic rings. The molecule has 5 heteroatoms. The zero-order valence-electron chi connectivity index (χ0n) is 10.9. The van der Waals surface area contributed by atoms with Crippen molar-refractivity contribution >= 4 is 11.8 Å². The van der Waals surface area contributed by atoms with Crippen LogP contribution in [0, 0.1) is 6.92 Å². The van der Waals surface area contributed by atoms with E-state index in [2.05, 4.69) is 46.6 Å². The topological polar surface area (TPSA) is 51.0 Å². The zero-order valence-corrected chi connectivity index (χ0v) is 11.7. The number of nitrogens with zero attached hydrogens (tertiary/aromatic N) is 2. The molecule has 1 fully saturated rings. The summed E-state index contributed by atoms with van der Waals surface area (Å²) in [6, 6.07) is 8.49. The first-order chi connectivity index (χ1) is 9.31. The molecule has 1 aromatic heterocycles. The molecule has 0 saturated carbocycles. The zero-order chi connectivity index (χ0) is 13.1. The molecule has 2 heterocycles. The van der Waals surface area contributed by atoms with Crippen molar-refractivity contribution in [3.05, 3.63) is 41.5 Å². The Bertz CT molecular complexity index is 532. The van der Waals surface area contributed by atoms with Gasteiger partial charge in [-0.05, 0) is 32.0 Å². The van der Waals surface area contributed by atoms with Gasteiger partial charge in [-0.25, -0.2) is 0 Å². The van der Waals surface area contributed by atoms with Crippen LogP contribution in [0.4, 0.5) is 0 Å². The van der Waals surface area contributed by atoms with E-state index in [1.54, 1.807) is 11.8 Å². The first kappa shape index (κ1) is 12.7. The highest BCUT2D eigenvalue weighted by atomic mass is 32.2. The standard InChI is InChI=1S/C14H17N3OS/c1-10-2-4-12(5-3-10)19-9-13-16-14(18-17-13)11-6-7-15-8-11/h2-5,11,15H,6-9H2,1H3. The second kappa shape index (κ2) is 5.75. The normalized spacial score (nSPS) is 18.9. The van der Waals surface area contributed by atoms with Gasteiger partial charge in [0, 0.05) is 11.4 Å². The van der Waals surface area contributed by atoms with Gasteiger partial charge >= 0.3 is 0 Å². The minimum Gasteiger partial charge on any atom is -0.339 e. The predicted molar refractivity (Wildman–Crippen MR) is 75.3 cm³/mol. The highest BCUT2D eigenvalue weighted by Crippen LogP contribution is 2.24. The van der Waals surface area contributed by atoms with Crippen LogP contribution in [0.15, 0.2) is 33.7 Å². The third kappa shape index (κ3) is 3.16. The monoisotopic (exact) mass is 275 g/mol. The van der Waals surface area contributed by atoms with Gasteiger partial charge in [0.2, 0.25) is 5.89 Å². The van der Waals surface area contributed by atoms with E-state index in [1.807, 2.05) is 0 Å². The summed E-state index contributed by atoms with van der Waals surface area (Å²) in [6.45, 7) is 4.09. The summed E-state index contributed by atoms with van der Waals surface area (Å²) in [5.41, 5.74) is 1.28. The van der Waals surface area contributed by atoms with Crippen LogP contribution in [0.25, 0.3) is 0 Å². The largest absolute Gasteiger partial charge is 0.339 e. The Hall–Kier alpha value is -1.33. The van der Waals surface area contributed by atoms with Crippen LogP contribution in [-0.4, -0.2) is 23.2 Å². The van der Waals surface area contributed by atoms with Crippen LogP contribution >= 0.6 is 11.8 Å². The Morgan fingerprint density at radius 1 is 1.37 bits per heavy atom. The van der Waals surface area contributed by atoms with Crippen molar-refractivity contribution in [1.29, 1.82) is 0 Å². The number of aryl methyl sites for hydroxylation is 1. The summed E-state index contributed by atoms with van der Waals surface area (Å²) in [5.74, 6) is 2.72. The fourth-order valence-electron chi connectivity index (χ4n) is 2.14. The minimum atomic E-state index is 0.394. The SMILES string of the molecule is Cc1ccc(SCc2noc(C3CCNC3)n2)cc1. The maximum absolute atomic E-state index is 5.34. The van der Waals surface area contributed by atoms with E-state index in [9.17, 15) is 0 Å². The Morgan fingerprint density at radius 2 is 2.21 bits per heavy atom. The Morgan fingerprint density at radius 3 is 2.95 bits per heavy atom. The molecule has 0 aliphatic carbocycles. The number of hydrogen-bond donors (Lipinski definition) is 1. The number of benzene rings is 1. The molecular formula is C14H17N3OS. The minimum absolute atomic E-state index is 0.394. The van der Waals surface area contributed by atoms with Gasteiger partial charge in [0.25, 0.3) is 0 Å². The molecule has 0 bridgehead atoms. The summed E-state index contributed by atoms with van der Waals surface area (Å²) >= 11 is 1.74. The molecule has 0 radical (unpaired) electrons. The van der Waals surface area contributed by atoms with Crippen LogP contribution in [-0.2, 0) is 5.75 Å². The summed E-state index contributed by atoms with van der Waals surface area (Å²) in [7, 11) is 0. The number of nitrogens with one attached hydrogen (secondary N) is 1. The molecule has 100 valence electrons. The molecule has 19 heavy (non-hydrogen) atoms. The summed E-state index contributed by atoms with van der Waals surface area (Å²) in [4.78, 5) is 5.72. The Kier molecular flexibility index (Phi) is 3.84. The van der Waals surface area contributed by atoms with Gasteiger partial charge in [-0.3, -0.25) is 0 Å². The van der Waals surface area contributed by atoms with Crippen LogP contribution < -0.4 is 5.32 Å². The number of hydrogen-bond acceptors (Lipinski definition) is 5. The van der Waals surface area contributed by atoms with Gasteiger partial charge in [0.05, 0.1) is 11.7 Å². The van der Waals surface area contributed by atoms with Crippen molar-refractivity contribution < 1.29 is 4.52 Å². The molecule has 1 N–H and O–H groups in total. The second-order valence-electron chi connectivity index (χ2n) is 4.84. The summed E-state index contributed by atoms with van der Waals surface area (Å²) in [6.07, 6.45) is 1.09. The molecule has 1 atom stereocenters. The van der Waals surface area contributed by atoms with Gasteiger partial charge in [-0.2, -0.15) is 4.98 Å². The number of aromatic nitrogens is 2. The van der Waals surface area contributed by atoms with Gasteiger partial charge in [-0.15, -0.1) is 11.8 Å². The van der Waals surface area contributed by atoms with Gasteiger partial charge < -0.3 is 9.84 Å². The van der Waals surface area contributed by atoms with Gasteiger partial charge in [0.1, 0.15) is 0 Å². The van der Waals surface area contributed by atoms with E-state index >= 15 is 0 Å². The van der Waals surface area contributed by atoms with E-state index in [0.717, 1.165) is 37.0 Å². The van der Waals surface area contributed by atoms with Crippen LogP contribution in [0.1, 0.15) is 29.6 Å². The average molecular weight is 275 g/mol. The summed E-state index contributed by atoms with van der Waals surface area (Å²) < 4.78 is 5.34. The van der Waals surface area contributed by atoms with Crippen LogP contribution in [0.5, 0.6) is 0 Å². The lowest BCUT2D eigenvalue weighted by molar-refractivity contribution is 0.355. The average Bonchev–Trinajstić information content (AvgIpc) is 3.09. The third-order valence-electron chi connectivity index (χ3n) is 3.28. The molecule has 1 unspecified atom stereocenters. The van der Waals surface area contributed by atoms with Crippen molar-refractivity contribution in [1.82, 2.24) is 15.5 Å². The number of thioether (sulfide) groups is 1. The highest BCUT2D eigenvalue weighted by Gasteiger charge is 2.22. The maximum Gasteiger partial charge on any atom is 0.231 e. The third-order valence-corrected chi connectivity index (χ3v) is 4.29. The van der Waals surface area contributed by atoms with Crippen molar-refractivity contribution in [2.75, 3.05) is 13.1 Å². The van der Waals surface area contributed by atoms with E-state index in [0.29, 0.717) is 5.92 Å². The molecule has 1 aromatic carbocycles. The van der Waals surface area contributed by atoms with E-state index in [1.165, 1.54) is 10.5 Å². The Labute approximate surface area is 117 Å². The fourth-order valence-corrected chi connectivity index (χ4v) is 2.88. The maximum atomic E-state index is 5.34. The van der Waals surface area contributed by atoms with E-state index in [-0.39, 0.29) is 0 Å². The van der Waals surface area contributed by atoms with Gasteiger partial charge in [0.15, 0.2) is 5.82 Å². The first-order valence-corrected chi connectivity index (χ1v) is 7.52. The molecule has 1 aliphatic rings. The molecule has 0 spiro atoms. The second-order valence-corrected chi connectivity index (χ2v) is 5.89. The quantitative estimate of drug-likeness (QED) is 0.870. The summed E-state index contributed by atoms with van der Waals surface area (Å²) in [5, 5.41) is 7.37. The lowest BCUT2D eigenvalue weighted by Gasteiger charge is -1.99. The molecule has 0 amide bonds. The predicted octanol–water partition coefficient (Wildman–Crippen LogP) is 2.75. The highest BCUT2D eigenvalue weighted by molar-refractivity contribution is 7.98. The van der Waals surface area contributed by atoms with Crippen molar-refractivity contribution in [3.63, 3.8) is 0 Å². The molecule has 3 rings (SSSR count). The van der Waals surface area contributed by atoms with E-state index in [4.69, 9.17) is 4.52 Å². The van der Waals surface area contributed by atoms with Gasteiger partial charge in [-0.1, -0.05) is 22.9 Å². The van der Waals surface area contributed by atoms with Crippen LogP contribution in [0.3, 0.4) is 0 Å². The van der Waals surface area contributed by atoms with Crippen molar-refractivity contribution in [2.45, 2.75) is 29.9 Å². The Balaban J connectivity index is 1.59. The first-order valence-electron chi connectivity index (χ1n) is 6.54. The smallest absolute Gasteiger partial charge is 0.231 e. The molecule has 4 nitrogen and oxygen atoms in total. The van der Waals surface area contributed by atoms with Crippen LogP contribution in [0.2, 0.25) is 0 Å². The molecular weight excluding hydrogens is 258 g/mol.